The summed E-state index contributed by atoms with van der Waals surface area (Å²) in [6.45, 7) is 0. The number of hydrogen-bond acceptors (Lipinski definition) is 6. The lowest BCUT2D eigenvalue weighted by molar-refractivity contribution is -0.132. The largest absolute Gasteiger partial charge is 0.507 e. The second kappa shape index (κ2) is 8.35. The maximum atomic E-state index is 13.2. The van der Waals surface area contributed by atoms with E-state index < -0.39 is 17.7 Å². The first-order valence-corrected chi connectivity index (χ1v) is 11.2. The zero-order valence-corrected chi connectivity index (χ0v) is 18.9. The predicted molar refractivity (Wildman–Crippen MR) is 129 cm³/mol. The van der Waals surface area contributed by atoms with Crippen LogP contribution in [0.25, 0.3) is 16.0 Å². The molecule has 1 atom stereocenters. The van der Waals surface area contributed by atoms with Gasteiger partial charge in [0.05, 0.1) is 28.9 Å². The summed E-state index contributed by atoms with van der Waals surface area (Å²) in [4.78, 5) is 32.4. The second-order valence-electron chi connectivity index (χ2n) is 7.42. The van der Waals surface area contributed by atoms with Crippen LogP contribution in [-0.4, -0.2) is 28.9 Å². The molecule has 1 saturated heterocycles. The van der Waals surface area contributed by atoms with Crippen molar-refractivity contribution in [3.05, 3.63) is 94.5 Å². The summed E-state index contributed by atoms with van der Waals surface area (Å²) in [6.07, 6.45) is 0. The van der Waals surface area contributed by atoms with Crippen LogP contribution in [0.5, 0.6) is 5.75 Å². The zero-order chi connectivity index (χ0) is 23.1. The van der Waals surface area contributed by atoms with Gasteiger partial charge in [0, 0.05) is 10.6 Å². The van der Waals surface area contributed by atoms with Crippen LogP contribution in [0.15, 0.2) is 78.4 Å². The summed E-state index contributed by atoms with van der Waals surface area (Å²) < 4.78 is 6.04. The summed E-state index contributed by atoms with van der Waals surface area (Å²) >= 11 is 7.38. The van der Waals surface area contributed by atoms with Gasteiger partial charge in [-0.25, -0.2) is 4.98 Å². The van der Waals surface area contributed by atoms with E-state index in [0.29, 0.717) is 32.5 Å². The van der Waals surface area contributed by atoms with Gasteiger partial charge in [-0.1, -0.05) is 65.4 Å². The molecule has 0 bridgehead atoms. The number of rotatable bonds is 4. The third kappa shape index (κ3) is 3.65. The van der Waals surface area contributed by atoms with Crippen LogP contribution in [-0.2, 0) is 9.59 Å². The second-order valence-corrected chi connectivity index (χ2v) is 8.86. The number of anilines is 1. The Morgan fingerprint density at radius 3 is 2.48 bits per heavy atom. The summed E-state index contributed by atoms with van der Waals surface area (Å²) in [5.41, 5.74) is 1.77. The van der Waals surface area contributed by atoms with Gasteiger partial charge in [0.25, 0.3) is 5.78 Å². The molecule has 164 valence electrons. The number of fused-ring (bicyclic) bond motifs is 1. The normalized spacial score (nSPS) is 17.6. The lowest BCUT2D eigenvalue weighted by Gasteiger charge is -2.23. The molecule has 2 heterocycles. The van der Waals surface area contributed by atoms with Crippen LogP contribution in [0.2, 0.25) is 5.02 Å². The van der Waals surface area contributed by atoms with E-state index in [9.17, 15) is 14.7 Å². The van der Waals surface area contributed by atoms with Gasteiger partial charge in [0.15, 0.2) is 5.13 Å². The highest BCUT2D eigenvalue weighted by molar-refractivity contribution is 7.22. The Balaban J connectivity index is 1.72. The number of methoxy groups -OCH3 is 1. The van der Waals surface area contributed by atoms with Gasteiger partial charge in [0.2, 0.25) is 0 Å². The van der Waals surface area contributed by atoms with Crippen LogP contribution < -0.4 is 9.64 Å². The number of halogens is 1. The number of aromatic nitrogens is 1. The third-order valence-electron chi connectivity index (χ3n) is 5.47. The molecule has 1 aromatic heterocycles. The number of thiazole rings is 1. The van der Waals surface area contributed by atoms with Crippen molar-refractivity contribution in [2.24, 2.45) is 0 Å². The van der Waals surface area contributed by atoms with Crippen LogP contribution in [0.4, 0.5) is 5.13 Å². The Morgan fingerprint density at radius 1 is 1.06 bits per heavy atom. The van der Waals surface area contributed by atoms with E-state index in [-0.39, 0.29) is 11.3 Å². The highest BCUT2D eigenvalue weighted by Crippen LogP contribution is 2.44. The van der Waals surface area contributed by atoms with E-state index in [0.717, 1.165) is 4.70 Å². The van der Waals surface area contributed by atoms with Crippen LogP contribution in [0.3, 0.4) is 0 Å². The van der Waals surface area contributed by atoms with E-state index in [1.807, 2.05) is 6.07 Å². The number of carbonyl (C=O) groups is 2. The Labute approximate surface area is 198 Å². The van der Waals surface area contributed by atoms with Crippen molar-refractivity contribution in [1.82, 2.24) is 4.98 Å². The molecule has 1 aliphatic rings. The topological polar surface area (TPSA) is 79.7 Å². The molecule has 33 heavy (non-hydrogen) atoms. The van der Waals surface area contributed by atoms with Gasteiger partial charge in [-0.05, 0) is 35.9 Å². The van der Waals surface area contributed by atoms with Crippen molar-refractivity contribution in [2.45, 2.75) is 6.04 Å². The molecule has 1 aliphatic heterocycles. The molecule has 1 fully saturated rings. The number of ether oxygens (including phenoxy) is 1. The SMILES string of the molecule is COc1ccc(C2C(=C(O)c3ccccc3)C(=O)C(=O)N2c2nc3ccc(Cl)cc3s2)cc1. The lowest BCUT2D eigenvalue weighted by Crippen LogP contribution is -2.29. The number of ketones is 1. The molecular weight excluding hydrogens is 460 g/mol. The number of carbonyl (C=O) groups excluding carboxylic acids is 2. The molecule has 1 amide bonds. The maximum absolute atomic E-state index is 13.2. The van der Waals surface area contributed by atoms with Crippen molar-refractivity contribution in [3.63, 3.8) is 0 Å². The van der Waals surface area contributed by atoms with Crippen molar-refractivity contribution in [1.29, 1.82) is 0 Å². The quantitative estimate of drug-likeness (QED) is 0.236. The lowest BCUT2D eigenvalue weighted by atomic mass is 9.95. The van der Waals surface area contributed by atoms with Gasteiger partial charge in [-0.15, -0.1) is 0 Å². The Hall–Kier alpha value is -3.68. The van der Waals surface area contributed by atoms with Crippen LogP contribution >= 0.6 is 22.9 Å². The fourth-order valence-corrected chi connectivity index (χ4v) is 5.14. The first-order valence-electron chi connectivity index (χ1n) is 10.0. The fraction of sp³-hybridized carbons (Fsp3) is 0.0800. The number of aliphatic hydroxyl groups excluding tert-OH is 1. The number of aliphatic hydroxyl groups is 1. The minimum Gasteiger partial charge on any atom is -0.507 e. The van der Waals surface area contributed by atoms with E-state index in [2.05, 4.69) is 4.98 Å². The molecular formula is C25H17ClN2O4S. The molecule has 8 heteroatoms. The minimum absolute atomic E-state index is 0.00801. The monoisotopic (exact) mass is 476 g/mol. The predicted octanol–water partition coefficient (Wildman–Crippen LogP) is 5.58. The summed E-state index contributed by atoms with van der Waals surface area (Å²) in [5.74, 6) is -1.12. The van der Waals surface area contributed by atoms with Crippen molar-refractivity contribution in [2.75, 3.05) is 12.0 Å². The number of Topliss-reactive ketones (excluding diaryl/α,β-unsaturated/α-hetero) is 1. The molecule has 1 N–H and O–H groups in total. The van der Waals surface area contributed by atoms with Gasteiger partial charge in [-0.2, -0.15) is 0 Å². The van der Waals surface area contributed by atoms with Gasteiger partial charge < -0.3 is 9.84 Å². The average Bonchev–Trinajstić information content (AvgIpc) is 3.37. The number of benzene rings is 3. The Bertz CT molecular complexity index is 1410. The highest BCUT2D eigenvalue weighted by Gasteiger charge is 2.48. The Morgan fingerprint density at radius 2 is 1.79 bits per heavy atom. The molecule has 0 saturated carbocycles. The van der Waals surface area contributed by atoms with Crippen LogP contribution in [0.1, 0.15) is 17.2 Å². The van der Waals surface area contributed by atoms with Gasteiger partial charge in [-0.3, -0.25) is 14.5 Å². The van der Waals surface area contributed by atoms with Crippen molar-refractivity contribution < 1.29 is 19.4 Å². The van der Waals surface area contributed by atoms with E-state index in [1.54, 1.807) is 73.8 Å². The highest BCUT2D eigenvalue weighted by atomic mass is 35.5. The van der Waals surface area contributed by atoms with E-state index in [4.69, 9.17) is 16.3 Å². The van der Waals surface area contributed by atoms with Crippen molar-refractivity contribution >= 4 is 55.7 Å². The molecule has 6 nitrogen and oxygen atoms in total. The number of amides is 1. The number of hydrogen-bond donors (Lipinski definition) is 1. The average molecular weight is 477 g/mol. The summed E-state index contributed by atoms with van der Waals surface area (Å²) in [6, 6.07) is 20.1. The molecule has 1 unspecified atom stereocenters. The first-order chi connectivity index (χ1) is 16.0. The van der Waals surface area contributed by atoms with Crippen molar-refractivity contribution in [3.8, 4) is 5.75 Å². The zero-order valence-electron chi connectivity index (χ0n) is 17.4. The van der Waals surface area contributed by atoms with Gasteiger partial charge >= 0.3 is 5.91 Å². The molecule has 0 spiro atoms. The van der Waals surface area contributed by atoms with E-state index >= 15 is 0 Å². The standard InChI is InChI=1S/C25H17ClN2O4S/c1-32-17-10-7-14(8-11-17)21-20(22(29)15-5-3-2-4-6-15)23(30)24(31)28(21)25-27-18-12-9-16(26)13-19(18)33-25/h2-13,21,29H,1H3. The smallest absolute Gasteiger partial charge is 0.301 e. The molecule has 4 aromatic rings. The fourth-order valence-electron chi connectivity index (χ4n) is 3.87. The number of nitrogens with zero attached hydrogens (tertiary/aromatic N) is 2. The molecule has 5 rings (SSSR count). The minimum atomic E-state index is -0.854. The van der Waals surface area contributed by atoms with Crippen LogP contribution in [0, 0.1) is 0 Å². The van der Waals surface area contributed by atoms with E-state index in [1.165, 1.54) is 16.2 Å². The Kier molecular flexibility index (Phi) is 5.36. The third-order valence-corrected chi connectivity index (χ3v) is 6.72. The molecule has 0 radical (unpaired) electrons. The first kappa shape index (κ1) is 21.2. The molecule has 3 aromatic carbocycles. The maximum Gasteiger partial charge on any atom is 0.301 e. The summed E-state index contributed by atoms with van der Waals surface area (Å²) in [7, 11) is 1.56. The summed E-state index contributed by atoms with van der Waals surface area (Å²) in [5, 5.41) is 12.0. The molecule has 0 aliphatic carbocycles. The van der Waals surface area contributed by atoms with Gasteiger partial charge in [0.1, 0.15) is 11.5 Å².